The topological polar surface area (TPSA) is 92.1 Å². The van der Waals surface area contributed by atoms with Gasteiger partial charge in [0, 0.05) is 0 Å². The molecule has 1 unspecified atom stereocenters. The molecule has 1 aromatic carbocycles. The van der Waals surface area contributed by atoms with Gasteiger partial charge in [0.2, 0.25) is 0 Å². The van der Waals surface area contributed by atoms with Gasteiger partial charge in [0.25, 0.3) is 0 Å². The van der Waals surface area contributed by atoms with Gasteiger partial charge in [-0.05, 0) is 37.6 Å². The van der Waals surface area contributed by atoms with E-state index < -0.39 is 30.7 Å². The Kier molecular flexibility index (Phi) is 5.31. The summed E-state index contributed by atoms with van der Waals surface area (Å²) in [7, 11) is -7.04. The maximum absolute atomic E-state index is 12.0. The minimum absolute atomic E-state index is 0.0378. The highest BCUT2D eigenvalue weighted by atomic mass is 32.2. The second-order valence-corrected chi connectivity index (χ2v) is 9.19. The Bertz CT molecular complexity index is 698. The van der Waals surface area contributed by atoms with E-state index in [0.29, 0.717) is 12.0 Å². The molecule has 0 fully saturated rings. The van der Waals surface area contributed by atoms with E-state index in [1.807, 2.05) is 6.07 Å². The molecule has 0 saturated heterocycles. The van der Waals surface area contributed by atoms with Crippen LogP contribution in [-0.2, 0) is 19.7 Å². The highest BCUT2D eigenvalue weighted by molar-refractivity contribution is 7.95. The fourth-order valence-electron chi connectivity index (χ4n) is 1.54. The highest BCUT2D eigenvalue weighted by Crippen LogP contribution is 2.14. The normalized spacial score (nSPS) is 13.7. The summed E-state index contributed by atoms with van der Waals surface area (Å²) in [5, 5.41) is 8.11. The Morgan fingerprint density at radius 2 is 1.65 bits per heavy atom. The lowest BCUT2D eigenvalue weighted by Gasteiger charge is -2.10. The summed E-state index contributed by atoms with van der Waals surface area (Å²) in [6.45, 7) is 3.32. The molecule has 0 aliphatic carbocycles. The molecule has 0 radical (unpaired) electrons. The summed E-state index contributed by atoms with van der Waals surface area (Å²) < 4.78 is 47.7. The van der Waals surface area contributed by atoms with Gasteiger partial charge in [0.15, 0.2) is 19.7 Å². The van der Waals surface area contributed by atoms with Gasteiger partial charge in [0.05, 0.1) is 33.3 Å². The van der Waals surface area contributed by atoms with Crippen LogP contribution >= 0.6 is 0 Å². The van der Waals surface area contributed by atoms with Crippen LogP contribution in [0, 0.1) is 11.3 Å². The van der Waals surface area contributed by atoms with Gasteiger partial charge in [-0.15, -0.1) is 0 Å². The van der Waals surface area contributed by atoms with E-state index >= 15 is 0 Å². The third kappa shape index (κ3) is 4.05. The van der Waals surface area contributed by atoms with Gasteiger partial charge < -0.3 is 0 Å². The zero-order valence-corrected chi connectivity index (χ0v) is 13.0. The minimum Gasteiger partial charge on any atom is -0.229 e. The molecular weight excluding hydrogens is 298 g/mol. The van der Waals surface area contributed by atoms with Crippen LogP contribution in [0.25, 0.3) is 0 Å². The number of nitriles is 1. The van der Waals surface area contributed by atoms with Crippen molar-refractivity contribution in [3.05, 3.63) is 29.8 Å². The van der Waals surface area contributed by atoms with Gasteiger partial charge in [0.1, 0.15) is 0 Å². The lowest BCUT2D eigenvalue weighted by molar-refractivity contribution is 0.577. The average molecular weight is 315 g/mol. The summed E-state index contributed by atoms with van der Waals surface area (Å²) in [4.78, 5) is 0.0378. The molecule has 0 heterocycles. The highest BCUT2D eigenvalue weighted by Gasteiger charge is 2.23. The zero-order chi connectivity index (χ0) is 15.4. The molecule has 0 saturated carbocycles. The largest absolute Gasteiger partial charge is 0.229 e. The maximum Gasteiger partial charge on any atom is 0.179 e. The number of sulfone groups is 2. The molecule has 0 spiro atoms. The Balaban J connectivity index is 2.88. The molecule has 110 valence electrons. The molecule has 0 aliphatic heterocycles. The predicted molar refractivity (Wildman–Crippen MR) is 76.7 cm³/mol. The minimum atomic E-state index is -3.65. The molecule has 5 nitrogen and oxygen atoms in total. The third-order valence-corrected chi connectivity index (χ3v) is 7.49. The SMILES string of the molecule is CCC(C)S(=O)(=O)CCS(=O)(=O)c1ccc(C#N)cc1. The van der Waals surface area contributed by atoms with Crippen molar-refractivity contribution in [1.29, 1.82) is 5.26 Å². The summed E-state index contributed by atoms with van der Waals surface area (Å²) >= 11 is 0. The summed E-state index contributed by atoms with van der Waals surface area (Å²) in [6.07, 6.45) is 0.458. The van der Waals surface area contributed by atoms with Crippen LogP contribution in [0.1, 0.15) is 25.8 Å². The van der Waals surface area contributed by atoms with E-state index in [0.717, 1.165) is 0 Å². The first-order valence-corrected chi connectivity index (χ1v) is 9.54. The number of hydrogen-bond acceptors (Lipinski definition) is 5. The molecule has 0 aromatic heterocycles. The first-order chi connectivity index (χ1) is 9.23. The van der Waals surface area contributed by atoms with Crippen molar-refractivity contribution in [3.8, 4) is 6.07 Å². The summed E-state index contributed by atoms with van der Waals surface area (Å²) in [5.41, 5.74) is 0.358. The Morgan fingerprint density at radius 3 is 2.10 bits per heavy atom. The van der Waals surface area contributed by atoms with Crippen molar-refractivity contribution in [2.45, 2.75) is 30.4 Å². The van der Waals surface area contributed by atoms with Crippen LogP contribution in [0.15, 0.2) is 29.2 Å². The van der Waals surface area contributed by atoms with Crippen LogP contribution in [0.4, 0.5) is 0 Å². The molecule has 0 aliphatic rings. The first-order valence-electron chi connectivity index (χ1n) is 6.17. The Hall–Kier alpha value is -1.39. The number of rotatable bonds is 6. The van der Waals surface area contributed by atoms with Crippen LogP contribution in [0.2, 0.25) is 0 Å². The number of benzene rings is 1. The lowest BCUT2D eigenvalue weighted by Crippen LogP contribution is -2.25. The first kappa shape index (κ1) is 16.7. The van der Waals surface area contributed by atoms with Crippen molar-refractivity contribution >= 4 is 19.7 Å². The van der Waals surface area contributed by atoms with E-state index in [4.69, 9.17) is 5.26 Å². The van der Waals surface area contributed by atoms with Crippen molar-refractivity contribution < 1.29 is 16.8 Å². The van der Waals surface area contributed by atoms with E-state index in [9.17, 15) is 16.8 Å². The molecule has 0 bridgehead atoms. The molecule has 20 heavy (non-hydrogen) atoms. The number of nitrogens with zero attached hydrogens (tertiary/aromatic N) is 1. The number of hydrogen-bond donors (Lipinski definition) is 0. The van der Waals surface area contributed by atoms with Gasteiger partial charge in [-0.3, -0.25) is 0 Å². The van der Waals surface area contributed by atoms with E-state index in [-0.39, 0.29) is 10.6 Å². The average Bonchev–Trinajstić information content (AvgIpc) is 2.44. The van der Waals surface area contributed by atoms with Crippen molar-refractivity contribution in [2.24, 2.45) is 0 Å². The van der Waals surface area contributed by atoms with Crippen molar-refractivity contribution in [1.82, 2.24) is 0 Å². The van der Waals surface area contributed by atoms with Crippen LogP contribution in [0.5, 0.6) is 0 Å². The summed E-state index contributed by atoms with van der Waals surface area (Å²) in [6, 6.07) is 7.34. The van der Waals surface area contributed by atoms with Crippen LogP contribution < -0.4 is 0 Å². The van der Waals surface area contributed by atoms with Gasteiger partial charge >= 0.3 is 0 Å². The predicted octanol–water partition coefficient (Wildman–Crippen LogP) is 1.55. The molecule has 1 aromatic rings. The molecule has 1 atom stereocenters. The van der Waals surface area contributed by atoms with Crippen molar-refractivity contribution in [3.63, 3.8) is 0 Å². The lowest BCUT2D eigenvalue weighted by atomic mass is 10.2. The molecule has 1 rings (SSSR count). The second-order valence-electron chi connectivity index (χ2n) is 4.54. The van der Waals surface area contributed by atoms with E-state index in [1.165, 1.54) is 24.3 Å². The van der Waals surface area contributed by atoms with Crippen molar-refractivity contribution in [2.75, 3.05) is 11.5 Å². The van der Waals surface area contributed by atoms with Gasteiger partial charge in [-0.25, -0.2) is 16.8 Å². The monoisotopic (exact) mass is 315 g/mol. The third-order valence-electron chi connectivity index (χ3n) is 3.17. The van der Waals surface area contributed by atoms with Gasteiger partial charge in [-0.2, -0.15) is 5.26 Å². The zero-order valence-electron chi connectivity index (χ0n) is 11.4. The second kappa shape index (κ2) is 6.37. The fraction of sp³-hybridized carbons (Fsp3) is 0.462. The molecule has 0 N–H and O–H groups in total. The molecule has 0 amide bonds. The van der Waals surface area contributed by atoms with E-state index in [2.05, 4.69) is 0 Å². The molecule has 7 heteroatoms. The quantitative estimate of drug-likeness (QED) is 0.794. The molecular formula is C13H17NO4S2. The smallest absolute Gasteiger partial charge is 0.179 e. The fourth-order valence-corrected chi connectivity index (χ4v) is 5.04. The standard InChI is InChI=1S/C13H17NO4S2/c1-3-11(2)19(15,16)8-9-20(17,18)13-6-4-12(10-14)5-7-13/h4-7,11H,3,8-9H2,1-2H3. The van der Waals surface area contributed by atoms with E-state index in [1.54, 1.807) is 13.8 Å². The van der Waals surface area contributed by atoms with Gasteiger partial charge in [-0.1, -0.05) is 6.92 Å². The summed E-state index contributed by atoms with van der Waals surface area (Å²) in [5.74, 6) is -0.823. The Labute approximate surface area is 120 Å². The van der Waals surface area contributed by atoms with Crippen LogP contribution in [0.3, 0.4) is 0 Å². The Morgan fingerprint density at radius 1 is 1.10 bits per heavy atom. The van der Waals surface area contributed by atoms with Crippen LogP contribution in [-0.4, -0.2) is 33.6 Å². The maximum atomic E-state index is 12.0.